The lowest BCUT2D eigenvalue weighted by Crippen LogP contribution is -1.99. The summed E-state index contributed by atoms with van der Waals surface area (Å²) < 4.78 is 0. The van der Waals surface area contributed by atoms with E-state index in [9.17, 15) is 5.26 Å². The lowest BCUT2D eigenvalue weighted by molar-refractivity contribution is 0.827. The molecule has 3 aromatic rings. The Bertz CT molecular complexity index is 884. The van der Waals surface area contributed by atoms with E-state index < -0.39 is 0 Å². The molecule has 1 heterocycles. The largest absolute Gasteiger partial charge is 0.288 e. The van der Waals surface area contributed by atoms with E-state index in [0.29, 0.717) is 0 Å². The van der Waals surface area contributed by atoms with E-state index in [0.717, 1.165) is 10.7 Å². The van der Waals surface area contributed by atoms with Crippen LogP contribution in [-0.2, 0) is 0 Å². The Kier molecular flexibility index (Phi) is 4.50. The van der Waals surface area contributed by atoms with Crippen molar-refractivity contribution in [2.24, 2.45) is 4.99 Å². The Labute approximate surface area is 140 Å². The minimum absolute atomic E-state index is 0.00184. The van der Waals surface area contributed by atoms with Gasteiger partial charge in [-0.2, -0.15) is 5.26 Å². The lowest BCUT2D eigenvalue weighted by Gasteiger charge is -2.11. The molecule has 3 rings (SSSR count). The monoisotopic (exact) mass is 319 g/mol. The molecular weight excluding hydrogens is 302 g/mol. The van der Waals surface area contributed by atoms with Crippen LogP contribution < -0.4 is 0 Å². The van der Waals surface area contributed by atoms with Gasteiger partial charge in [-0.3, -0.25) is 4.99 Å². The maximum Gasteiger partial charge on any atom is 0.133 e. The highest BCUT2D eigenvalue weighted by Crippen LogP contribution is 2.27. The second-order valence-electron chi connectivity index (χ2n) is 5.48. The minimum atomic E-state index is -0.383. The van der Waals surface area contributed by atoms with Gasteiger partial charge in [-0.1, -0.05) is 42.5 Å². The van der Waals surface area contributed by atoms with Gasteiger partial charge in [0.1, 0.15) is 10.9 Å². The molecule has 0 aliphatic carbocycles. The summed E-state index contributed by atoms with van der Waals surface area (Å²) in [6.45, 7) is 3.99. The normalized spacial score (nSPS) is 14.0. The average Bonchev–Trinajstić information content (AvgIpc) is 3.01. The second-order valence-corrected chi connectivity index (χ2v) is 6.37. The van der Waals surface area contributed by atoms with Gasteiger partial charge in [0.2, 0.25) is 0 Å². The molecule has 3 nitrogen and oxygen atoms in total. The molecule has 0 fully saturated rings. The first-order valence-electron chi connectivity index (χ1n) is 7.51. The zero-order valence-electron chi connectivity index (χ0n) is 13.1. The fraction of sp³-hybridized carbons (Fsp3) is 0.211. The van der Waals surface area contributed by atoms with E-state index >= 15 is 0 Å². The highest BCUT2D eigenvalue weighted by molar-refractivity contribution is 7.09. The molecule has 23 heavy (non-hydrogen) atoms. The fourth-order valence-corrected chi connectivity index (χ4v) is 3.38. The zero-order chi connectivity index (χ0) is 16.2. The molecular formula is C19H17N3S. The fourth-order valence-electron chi connectivity index (χ4n) is 2.58. The van der Waals surface area contributed by atoms with Crippen molar-refractivity contribution >= 4 is 28.3 Å². The van der Waals surface area contributed by atoms with Gasteiger partial charge >= 0.3 is 0 Å². The van der Waals surface area contributed by atoms with Crippen molar-refractivity contribution in [3.05, 3.63) is 64.1 Å². The highest BCUT2D eigenvalue weighted by Gasteiger charge is 2.13. The molecule has 0 amide bonds. The van der Waals surface area contributed by atoms with E-state index in [4.69, 9.17) is 0 Å². The SMILES string of the molecule is Cc1csc([C@H](C#N)C=N[C@@H](C)c2cccc3ccccc23)n1. The first-order chi connectivity index (χ1) is 11.2. The molecule has 1 aromatic heterocycles. The topological polar surface area (TPSA) is 49.0 Å². The Balaban J connectivity index is 1.88. The summed E-state index contributed by atoms with van der Waals surface area (Å²) in [6, 6.07) is 16.8. The van der Waals surface area contributed by atoms with Crippen molar-refractivity contribution in [3.63, 3.8) is 0 Å². The number of fused-ring (bicyclic) bond motifs is 1. The Hall–Kier alpha value is -2.51. The number of nitriles is 1. The van der Waals surface area contributed by atoms with Crippen LogP contribution in [0.25, 0.3) is 10.8 Å². The van der Waals surface area contributed by atoms with Gasteiger partial charge < -0.3 is 0 Å². The minimum Gasteiger partial charge on any atom is -0.288 e. The van der Waals surface area contributed by atoms with Crippen LogP contribution in [0.3, 0.4) is 0 Å². The number of aromatic nitrogens is 1. The molecule has 0 radical (unpaired) electrons. The summed E-state index contributed by atoms with van der Waals surface area (Å²) in [7, 11) is 0. The van der Waals surface area contributed by atoms with Gasteiger partial charge in [0.25, 0.3) is 0 Å². The van der Waals surface area contributed by atoms with Gasteiger partial charge in [0.15, 0.2) is 0 Å². The summed E-state index contributed by atoms with van der Waals surface area (Å²) in [5, 5.41) is 14.5. The standard InChI is InChI=1S/C19H17N3S/c1-13-12-23-19(22-13)16(10-20)11-21-14(2)17-9-5-7-15-6-3-4-8-18(15)17/h3-9,11-12,14,16H,1-2H3/t14-,16+/m0/s1. The summed E-state index contributed by atoms with van der Waals surface area (Å²) in [5.41, 5.74) is 2.12. The Morgan fingerprint density at radius 2 is 2.00 bits per heavy atom. The number of nitrogens with zero attached hydrogens (tertiary/aromatic N) is 3. The smallest absolute Gasteiger partial charge is 0.133 e. The summed E-state index contributed by atoms with van der Waals surface area (Å²) >= 11 is 1.51. The van der Waals surface area contributed by atoms with Gasteiger partial charge in [0, 0.05) is 17.3 Å². The highest BCUT2D eigenvalue weighted by atomic mass is 32.1. The summed E-state index contributed by atoms with van der Waals surface area (Å²) in [6.07, 6.45) is 1.73. The van der Waals surface area contributed by atoms with Crippen molar-refractivity contribution < 1.29 is 0 Å². The molecule has 114 valence electrons. The molecule has 0 aliphatic heterocycles. The molecule has 0 saturated carbocycles. The quantitative estimate of drug-likeness (QED) is 0.632. The first kappa shape index (κ1) is 15.4. The van der Waals surface area contributed by atoms with Gasteiger partial charge in [0.05, 0.1) is 12.1 Å². The number of rotatable bonds is 4. The first-order valence-corrected chi connectivity index (χ1v) is 8.39. The van der Waals surface area contributed by atoms with Crippen LogP contribution in [0.1, 0.15) is 35.1 Å². The van der Waals surface area contributed by atoms with E-state index in [2.05, 4.69) is 53.3 Å². The third-order valence-corrected chi connectivity index (χ3v) is 4.82. The van der Waals surface area contributed by atoms with Crippen molar-refractivity contribution in [2.75, 3.05) is 0 Å². The zero-order valence-corrected chi connectivity index (χ0v) is 13.9. The number of thiazole rings is 1. The van der Waals surface area contributed by atoms with Gasteiger partial charge in [-0.05, 0) is 30.2 Å². The summed E-state index contributed by atoms with van der Waals surface area (Å²) in [5.74, 6) is -0.383. The van der Waals surface area contributed by atoms with Crippen LogP contribution in [0.5, 0.6) is 0 Å². The van der Waals surface area contributed by atoms with Crippen LogP contribution >= 0.6 is 11.3 Å². The third kappa shape index (κ3) is 3.30. The van der Waals surface area contributed by atoms with Crippen LogP contribution in [0.2, 0.25) is 0 Å². The lowest BCUT2D eigenvalue weighted by atomic mass is 10.00. The van der Waals surface area contributed by atoms with Gasteiger partial charge in [-0.15, -0.1) is 11.3 Å². The van der Waals surface area contributed by atoms with Crippen molar-refractivity contribution in [2.45, 2.75) is 25.8 Å². The molecule has 4 heteroatoms. The van der Waals surface area contributed by atoms with Crippen molar-refractivity contribution in [1.29, 1.82) is 5.26 Å². The van der Waals surface area contributed by atoms with E-state index in [1.807, 2.05) is 24.4 Å². The van der Waals surface area contributed by atoms with E-state index in [-0.39, 0.29) is 12.0 Å². The van der Waals surface area contributed by atoms with Crippen LogP contribution in [0, 0.1) is 18.3 Å². The number of hydrogen-bond acceptors (Lipinski definition) is 4. The molecule has 0 unspecified atom stereocenters. The Morgan fingerprint density at radius 3 is 2.74 bits per heavy atom. The van der Waals surface area contributed by atoms with Crippen molar-refractivity contribution in [3.8, 4) is 6.07 Å². The number of benzene rings is 2. The molecule has 0 aliphatic rings. The molecule has 2 atom stereocenters. The van der Waals surface area contributed by atoms with E-state index in [1.54, 1.807) is 6.21 Å². The number of aryl methyl sites for hydroxylation is 1. The maximum atomic E-state index is 9.37. The number of aliphatic imine (C=N–C) groups is 1. The van der Waals surface area contributed by atoms with Crippen molar-refractivity contribution in [1.82, 2.24) is 4.98 Å². The molecule has 0 spiro atoms. The third-order valence-electron chi connectivity index (χ3n) is 3.77. The van der Waals surface area contributed by atoms with E-state index in [1.165, 1.54) is 27.7 Å². The van der Waals surface area contributed by atoms with Crippen LogP contribution in [0.15, 0.2) is 52.8 Å². The maximum absolute atomic E-state index is 9.37. The molecule has 0 N–H and O–H groups in total. The molecule has 2 aromatic carbocycles. The van der Waals surface area contributed by atoms with Crippen LogP contribution in [-0.4, -0.2) is 11.2 Å². The molecule has 0 saturated heterocycles. The summed E-state index contributed by atoms with van der Waals surface area (Å²) in [4.78, 5) is 9.01. The average molecular weight is 319 g/mol. The van der Waals surface area contributed by atoms with Crippen LogP contribution in [0.4, 0.5) is 0 Å². The second kappa shape index (κ2) is 6.72. The predicted octanol–water partition coefficient (Wildman–Crippen LogP) is 5.04. The Morgan fingerprint density at radius 1 is 1.22 bits per heavy atom. The van der Waals surface area contributed by atoms with Gasteiger partial charge in [-0.25, -0.2) is 4.98 Å². The number of hydrogen-bond donors (Lipinski definition) is 0. The molecule has 0 bridgehead atoms. The predicted molar refractivity (Wildman–Crippen MR) is 96.1 cm³/mol.